The summed E-state index contributed by atoms with van der Waals surface area (Å²) in [7, 11) is 1.92. The molecular formula is C14H22F2N2S. The number of nitrogens with one attached hydrogen (secondary N) is 1. The third kappa shape index (κ3) is 3.72. The summed E-state index contributed by atoms with van der Waals surface area (Å²) in [6, 6.07) is 0.265. The normalized spacial score (nSPS) is 21.5. The monoisotopic (exact) mass is 288 g/mol. The molecule has 108 valence electrons. The van der Waals surface area contributed by atoms with Gasteiger partial charge in [-0.3, -0.25) is 0 Å². The Bertz CT molecular complexity index is 402. The van der Waals surface area contributed by atoms with Gasteiger partial charge in [0, 0.05) is 30.2 Å². The summed E-state index contributed by atoms with van der Waals surface area (Å²) in [5.41, 5.74) is 1.09. The van der Waals surface area contributed by atoms with Crippen molar-refractivity contribution in [1.82, 2.24) is 10.3 Å². The van der Waals surface area contributed by atoms with Gasteiger partial charge in [0.15, 0.2) is 0 Å². The maximum atomic E-state index is 13.2. The van der Waals surface area contributed by atoms with E-state index in [1.54, 1.807) is 11.3 Å². The Kier molecular flexibility index (Phi) is 4.56. The number of hydrogen-bond acceptors (Lipinski definition) is 3. The zero-order valence-corrected chi connectivity index (χ0v) is 12.6. The number of nitrogens with zero attached hydrogens (tertiary/aromatic N) is 1. The van der Waals surface area contributed by atoms with Gasteiger partial charge in [-0.15, -0.1) is 11.3 Å². The van der Waals surface area contributed by atoms with Gasteiger partial charge in [0.1, 0.15) is 0 Å². The second kappa shape index (κ2) is 5.83. The van der Waals surface area contributed by atoms with Gasteiger partial charge >= 0.3 is 0 Å². The van der Waals surface area contributed by atoms with Gasteiger partial charge in [0.2, 0.25) is 5.92 Å². The first-order valence-electron chi connectivity index (χ1n) is 6.89. The van der Waals surface area contributed by atoms with Gasteiger partial charge in [0.25, 0.3) is 0 Å². The molecule has 2 nitrogen and oxygen atoms in total. The van der Waals surface area contributed by atoms with Crippen molar-refractivity contribution in [3.05, 3.63) is 15.6 Å². The van der Waals surface area contributed by atoms with Gasteiger partial charge in [-0.25, -0.2) is 13.8 Å². The zero-order chi connectivity index (χ0) is 14.0. The highest BCUT2D eigenvalue weighted by Crippen LogP contribution is 2.38. The second-order valence-electron chi connectivity index (χ2n) is 5.54. The van der Waals surface area contributed by atoms with Crippen LogP contribution in [0.15, 0.2) is 0 Å². The molecule has 0 radical (unpaired) electrons. The third-order valence-electron chi connectivity index (χ3n) is 4.17. The predicted octanol–water partition coefficient (Wildman–Crippen LogP) is 3.72. The van der Waals surface area contributed by atoms with Crippen LogP contribution in [0, 0.1) is 19.8 Å². The number of thiazole rings is 1. The lowest BCUT2D eigenvalue weighted by molar-refractivity contribution is -0.0492. The summed E-state index contributed by atoms with van der Waals surface area (Å²) in [4.78, 5) is 5.80. The van der Waals surface area contributed by atoms with Crippen molar-refractivity contribution < 1.29 is 8.78 Å². The number of alkyl halides is 2. The van der Waals surface area contributed by atoms with E-state index in [4.69, 9.17) is 0 Å². The van der Waals surface area contributed by atoms with Crippen LogP contribution in [-0.4, -0.2) is 24.0 Å². The van der Waals surface area contributed by atoms with Crippen molar-refractivity contribution in [1.29, 1.82) is 0 Å². The van der Waals surface area contributed by atoms with E-state index in [-0.39, 0.29) is 18.9 Å². The van der Waals surface area contributed by atoms with Crippen LogP contribution in [0.4, 0.5) is 8.78 Å². The second-order valence-corrected chi connectivity index (χ2v) is 6.83. The average molecular weight is 288 g/mol. The summed E-state index contributed by atoms with van der Waals surface area (Å²) >= 11 is 1.72. The fourth-order valence-corrected chi connectivity index (χ4v) is 3.78. The molecule has 1 unspecified atom stereocenters. The van der Waals surface area contributed by atoms with Crippen molar-refractivity contribution in [2.45, 2.75) is 57.9 Å². The lowest BCUT2D eigenvalue weighted by atomic mass is 9.81. The van der Waals surface area contributed by atoms with Crippen molar-refractivity contribution >= 4 is 11.3 Å². The minimum absolute atomic E-state index is 0.0335. The van der Waals surface area contributed by atoms with E-state index >= 15 is 0 Å². The van der Waals surface area contributed by atoms with E-state index in [0.717, 1.165) is 17.1 Å². The Balaban J connectivity index is 1.97. The van der Waals surface area contributed by atoms with Crippen LogP contribution >= 0.6 is 11.3 Å². The molecule has 1 aliphatic carbocycles. The molecule has 1 N–H and O–H groups in total. The van der Waals surface area contributed by atoms with Crippen LogP contribution in [0.3, 0.4) is 0 Å². The molecule has 5 heteroatoms. The standard InChI is InChI=1S/C14H22F2N2S/c1-9-10(2)19-13(18-9)8-12(17-3)11-4-6-14(15,16)7-5-11/h11-12,17H,4-8H2,1-3H3. The van der Waals surface area contributed by atoms with Crippen LogP contribution in [0.25, 0.3) is 0 Å². The van der Waals surface area contributed by atoms with E-state index in [2.05, 4.69) is 17.2 Å². The van der Waals surface area contributed by atoms with Crippen molar-refractivity contribution in [2.24, 2.45) is 5.92 Å². The lowest BCUT2D eigenvalue weighted by Gasteiger charge is -2.33. The quantitative estimate of drug-likeness (QED) is 0.913. The maximum absolute atomic E-state index is 13.2. The van der Waals surface area contributed by atoms with E-state index in [1.165, 1.54) is 4.88 Å². The molecule has 0 amide bonds. The van der Waals surface area contributed by atoms with E-state index in [1.807, 2.05) is 14.0 Å². The Morgan fingerprint density at radius 1 is 1.37 bits per heavy atom. The van der Waals surface area contributed by atoms with Gasteiger partial charge < -0.3 is 5.32 Å². The number of hydrogen-bond donors (Lipinski definition) is 1. The molecule has 2 rings (SSSR count). The third-order valence-corrected chi connectivity index (χ3v) is 5.26. The highest BCUT2D eigenvalue weighted by molar-refractivity contribution is 7.11. The maximum Gasteiger partial charge on any atom is 0.248 e. The highest BCUT2D eigenvalue weighted by atomic mass is 32.1. The van der Waals surface area contributed by atoms with Crippen LogP contribution in [0.5, 0.6) is 0 Å². The first-order valence-corrected chi connectivity index (χ1v) is 7.71. The van der Waals surface area contributed by atoms with E-state index < -0.39 is 5.92 Å². The summed E-state index contributed by atoms with van der Waals surface area (Å²) in [5, 5.41) is 4.42. The molecule has 0 saturated heterocycles. The number of aryl methyl sites for hydroxylation is 2. The lowest BCUT2D eigenvalue weighted by Crippen LogP contribution is -2.39. The number of halogens is 2. The Morgan fingerprint density at radius 3 is 2.47 bits per heavy atom. The predicted molar refractivity (Wildman–Crippen MR) is 75.0 cm³/mol. The van der Waals surface area contributed by atoms with E-state index in [9.17, 15) is 8.78 Å². The number of likely N-dealkylation sites (N-methyl/N-ethyl adjacent to an activating group) is 1. The van der Waals surface area contributed by atoms with Gasteiger partial charge in [-0.2, -0.15) is 0 Å². The van der Waals surface area contributed by atoms with Crippen molar-refractivity contribution in [2.75, 3.05) is 7.05 Å². The van der Waals surface area contributed by atoms with Crippen LogP contribution in [0.2, 0.25) is 0 Å². The smallest absolute Gasteiger partial charge is 0.248 e. The SMILES string of the molecule is CNC(Cc1nc(C)c(C)s1)C1CCC(F)(F)CC1. The van der Waals surface area contributed by atoms with Gasteiger partial charge in [-0.05, 0) is 39.7 Å². The Hall–Kier alpha value is -0.550. The molecule has 19 heavy (non-hydrogen) atoms. The molecule has 0 bridgehead atoms. The molecule has 1 heterocycles. The molecule has 1 fully saturated rings. The fraction of sp³-hybridized carbons (Fsp3) is 0.786. The van der Waals surface area contributed by atoms with Crippen LogP contribution < -0.4 is 5.32 Å². The largest absolute Gasteiger partial charge is 0.316 e. The fourth-order valence-electron chi connectivity index (χ4n) is 2.78. The summed E-state index contributed by atoms with van der Waals surface area (Å²) in [6.07, 6.45) is 2.15. The minimum Gasteiger partial charge on any atom is -0.316 e. The van der Waals surface area contributed by atoms with E-state index in [0.29, 0.717) is 18.8 Å². The van der Waals surface area contributed by atoms with Gasteiger partial charge in [0.05, 0.1) is 10.7 Å². The molecule has 0 spiro atoms. The summed E-state index contributed by atoms with van der Waals surface area (Å²) in [5.74, 6) is -2.10. The summed E-state index contributed by atoms with van der Waals surface area (Å²) in [6.45, 7) is 4.09. The van der Waals surface area contributed by atoms with Crippen LogP contribution in [0.1, 0.15) is 41.3 Å². The average Bonchev–Trinajstić information content (AvgIpc) is 2.66. The first-order chi connectivity index (χ1) is 8.91. The molecular weight excluding hydrogens is 266 g/mol. The summed E-state index contributed by atoms with van der Waals surface area (Å²) < 4.78 is 26.4. The zero-order valence-electron chi connectivity index (χ0n) is 11.8. The number of rotatable bonds is 4. The molecule has 1 aliphatic rings. The molecule has 1 saturated carbocycles. The molecule has 1 atom stereocenters. The van der Waals surface area contributed by atoms with Crippen LogP contribution in [-0.2, 0) is 6.42 Å². The van der Waals surface area contributed by atoms with Crippen molar-refractivity contribution in [3.63, 3.8) is 0 Å². The molecule has 1 aromatic rings. The first kappa shape index (κ1) is 14.9. The Morgan fingerprint density at radius 2 is 2.00 bits per heavy atom. The molecule has 0 aliphatic heterocycles. The highest BCUT2D eigenvalue weighted by Gasteiger charge is 2.37. The number of aromatic nitrogens is 1. The topological polar surface area (TPSA) is 24.9 Å². The van der Waals surface area contributed by atoms with Gasteiger partial charge in [-0.1, -0.05) is 0 Å². The Labute approximate surface area is 117 Å². The minimum atomic E-state index is -2.44. The molecule has 1 aromatic heterocycles. The molecule has 0 aromatic carbocycles. The van der Waals surface area contributed by atoms with Crippen molar-refractivity contribution in [3.8, 4) is 0 Å².